The van der Waals surface area contributed by atoms with E-state index in [-0.39, 0.29) is 17.5 Å². The molecular weight excluding hydrogens is 297 g/mol. The lowest BCUT2D eigenvalue weighted by atomic mass is 9.93. The normalized spacial score (nSPS) is 23.0. The van der Waals surface area contributed by atoms with Gasteiger partial charge in [-0.3, -0.25) is 0 Å². The molecule has 4 heteroatoms. The van der Waals surface area contributed by atoms with Crippen molar-refractivity contribution in [2.24, 2.45) is 0 Å². The first-order valence-electron chi connectivity index (χ1n) is 6.43. The first kappa shape index (κ1) is 14.0. The fourth-order valence-corrected chi connectivity index (χ4v) is 2.75. The van der Waals surface area contributed by atoms with Crippen molar-refractivity contribution >= 4 is 15.9 Å². The zero-order chi connectivity index (χ0) is 13.2. The number of morpholine rings is 1. The van der Waals surface area contributed by atoms with Crippen molar-refractivity contribution in [3.05, 3.63) is 34.1 Å². The molecule has 0 amide bonds. The topological polar surface area (TPSA) is 21.3 Å². The lowest BCUT2D eigenvalue weighted by Crippen LogP contribution is -2.50. The Morgan fingerprint density at radius 3 is 2.78 bits per heavy atom. The SMILES string of the molecule is CCC1(CC)CNCC(c2ccc(Br)cc2F)O1. The fraction of sp³-hybridized carbons (Fsp3) is 0.571. The summed E-state index contributed by atoms with van der Waals surface area (Å²) in [6.45, 7) is 5.74. The second-order valence-corrected chi connectivity index (χ2v) is 5.71. The summed E-state index contributed by atoms with van der Waals surface area (Å²) < 4.78 is 20.9. The molecule has 2 rings (SSSR count). The van der Waals surface area contributed by atoms with E-state index in [4.69, 9.17) is 4.74 Å². The third kappa shape index (κ3) is 2.76. The molecule has 1 saturated heterocycles. The third-order valence-electron chi connectivity index (χ3n) is 3.77. The molecule has 1 atom stereocenters. The Balaban J connectivity index is 2.23. The second-order valence-electron chi connectivity index (χ2n) is 4.79. The van der Waals surface area contributed by atoms with Crippen LogP contribution in [0.2, 0.25) is 0 Å². The molecule has 1 fully saturated rings. The lowest BCUT2D eigenvalue weighted by Gasteiger charge is -2.41. The van der Waals surface area contributed by atoms with Crippen molar-refractivity contribution in [1.82, 2.24) is 5.32 Å². The van der Waals surface area contributed by atoms with E-state index in [1.807, 2.05) is 6.07 Å². The highest BCUT2D eigenvalue weighted by molar-refractivity contribution is 9.10. The molecule has 0 bridgehead atoms. The van der Waals surface area contributed by atoms with E-state index in [1.54, 1.807) is 6.07 Å². The van der Waals surface area contributed by atoms with Crippen molar-refractivity contribution in [3.63, 3.8) is 0 Å². The summed E-state index contributed by atoms with van der Waals surface area (Å²) in [5, 5.41) is 3.36. The van der Waals surface area contributed by atoms with Crippen molar-refractivity contribution in [2.75, 3.05) is 13.1 Å². The van der Waals surface area contributed by atoms with Gasteiger partial charge in [-0.2, -0.15) is 0 Å². The molecule has 18 heavy (non-hydrogen) atoms. The molecule has 1 heterocycles. The predicted octanol–water partition coefficient (Wildman–Crippen LogP) is 3.81. The number of halogens is 2. The second kappa shape index (κ2) is 5.68. The maximum Gasteiger partial charge on any atom is 0.130 e. The molecular formula is C14H19BrFNO. The summed E-state index contributed by atoms with van der Waals surface area (Å²) in [5.74, 6) is -0.209. The van der Waals surface area contributed by atoms with Gasteiger partial charge in [-0.05, 0) is 25.0 Å². The maximum atomic E-state index is 14.0. The molecule has 1 aliphatic heterocycles. The molecule has 2 nitrogen and oxygen atoms in total. The van der Waals surface area contributed by atoms with E-state index in [0.29, 0.717) is 12.1 Å². The van der Waals surface area contributed by atoms with E-state index in [1.165, 1.54) is 6.07 Å². The summed E-state index contributed by atoms with van der Waals surface area (Å²) in [4.78, 5) is 0. The molecule has 0 radical (unpaired) electrons. The van der Waals surface area contributed by atoms with Crippen LogP contribution in [-0.4, -0.2) is 18.7 Å². The molecule has 100 valence electrons. The fourth-order valence-electron chi connectivity index (χ4n) is 2.42. The summed E-state index contributed by atoms with van der Waals surface area (Å²) in [6, 6.07) is 5.15. The van der Waals surface area contributed by atoms with Gasteiger partial charge >= 0.3 is 0 Å². The number of hydrogen-bond acceptors (Lipinski definition) is 2. The molecule has 1 aromatic rings. The highest BCUT2D eigenvalue weighted by Gasteiger charge is 2.35. The summed E-state index contributed by atoms with van der Waals surface area (Å²) in [7, 11) is 0. The quantitative estimate of drug-likeness (QED) is 0.916. The van der Waals surface area contributed by atoms with E-state index >= 15 is 0 Å². The van der Waals surface area contributed by atoms with E-state index < -0.39 is 0 Å². The van der Waals surface area contributed by atoms with Crippen LogP contribution < -0.4 is 5.32 Å². The molecule has 1 aromatic carbocycles. The van der Waals surface area contributed by atoms with Crippen LogP contribution in [0.5, 0.6) is 0 Å². The van der Waals surface area contributed by atoms with Gasteiger partial charge in [0, 0.05) is 23.1 Å². The monoisotopic (exact) mass is 315 g/mol. The molecule has 0 aromatic heterocycles. The van der Waals surface area contributed by atoms with Crippen molar-refractivity contribution in [1.29, 1.82) is 0 Å². The molecule has 0 spiro atoms. The van der Waals surface area contributed by atoms with Crippen LogP contribution in [0.3, 0.4) is 0 Å². The zero-order valence-electron chi connectivity index (χ0n) is 10.8. The Kier molecular flexibility index (Phi) is 4.41. The van der Waals surface area contributed by atoms with Crippen molar-refractivity contribution in [2.45, 2.75) is 38.4 Å². The van der Waals surface area contributed by atoms with E-state index in [2.05, 4.69) is 35.1 Å². The summed E-state index contributed by atoms with van der Waals surface area (Å²) in [6.07, 6.45) is 1.67. The minimum Gasteiger partial charge on any atom is -0.364 e. The first-order chi connectivity index (χ1) is 8.60. The summed E-state index contributed by atoms with van der Waals surface area (Å²) >= 11 is 3.27. The number of benzene rings is 1. The molecule has 1 aliphatic rings. The minimum absolute atomic E-state index is 0.164. The number of nitrogens with one attached hydrogen (secondary N) is 1. The van der Waals surface area contributed by atoms with Gasteiger partial charge in [0.15, 0.2) is 0 Å². The summed E-state index contributed by atoms with van der Waals surface area (Å²) in [5.41, 5.74) is 0.472. The minimum atomic E-state index is -0.209. The number of ether oxygens (including phenoxy) is 1. The van der Waals surface area contributed by atoms with Crippen LogP contribution >= 0.6 is 15.9 Å². The number of rotatable bonds is 3. The predicted molar refractivity (Wildman–Crippen MR) is 74.1 cm³/mol. The Labute approximate surface area is 116 Å². The van der Waals surface area contributed by atoms with Gasteiger partial charge in [0.1, 0.15) is 5.82 Å². The smallest absolute Gasteiger partial charge is 0.130 e. The highest BCUT2D eigenvalue weighted by Crippen LogP contribution is 2.33. The van der Waals surface area contributed by atoms with Gasteiger partial charge in [-0.15, -0.1) is 0 Å². The standard InChI is InChI=1S/C14H19BrFNO/c1-3-14(4-2)9-17-8-13(18-14)11-6-5-10(15)7-12(11)16/h5-7,13,17H,3-4,8-9H2,1-2H3. The molecule has 0 aliphatic carbocycles. The number of hydrogen-bond donors (Lipinski definition) is 1. The van der Waals surface area contributed by atoms with Gasteiger partial charge in [-0.25, -0.2) is 4.39 Å². The Hall–Kier alpha value is -0.450. The van der Waals surface area contributed by atoms with Crippen LogP contribution in [0.4, 0.5) is 4.39 Å². The zero-order valence-corrected chi connectivity index (χ0v) is 12.4. The van der Waals surface area contributed by atoms with Gasteiger partial charge in [0.2, 0.25) is 0 Å². The molecule has 0 saturated carbocycles. The average Bonchev–Trinajstić information content (AvgIpc) is 2.38. The first-order valence-corrected chi connectivity index (χ1v) is 7.23. The van der Waals surface area contributed by atoms with Gasteiger partial charge < -0.3 is 10.1 Å². The highest BCUT2D eigenvalue weighted by atomic mass is 79.9. The van der Waals surface area contributed by atoms with Crippen molar-refractivity contribution in [3.8, 4) is 0 Å². The Morgan fingerprint density at radius 2 is 2.17 bits per heavy atom. The van der Waals surface area contributed by atoms with Crippen LogP contribution in [0.25, 0.3) is 0 Å². The lowest BCUT2D eigenvalue weighted by molar-refractivity contribution is -0.123. The Morgan fingerprint density at radius 1 is 1.44 bits per heavy atom. The van der Waals surface area contributed by atoms with Crippen LogP contribution in [-0.2, 0) is 4.74 Å². The average molecular weight is 316 g/mol. The third-order valence-corrected chi connectivity index (χ3v) is 4.26. The van der Waals surface area contributed by atoms with Gasteiger partial charge in [0.05, 0.1) is 11.7 Å². The maximum absolute atomic E-state index is 14.0. The van der Waals surface area contributed by atoms with Crippen LogP contribution in [0.15, 0.2) is 22.7 Å². The molecule has 1 unspecified atom stereocenters. The largest absolute Gasteiger partial charge is 0.364 e. The Bertz CT molecular complexity index is 420. The van der Waals surface area contributed by atoms with Crippen LogP contribution in [0, 0.1) is 5.82 Å². The molecule has 1 N–H and O–H groups in total. The van der Waals surface area contributed by atoms with Crippen LogP contribution in [0.1, 0.15) is 38.4 Å². The van der Waals surface area contributed by atoms with E-state index in [0.717, 1.165) is 23.9 Å². The van der Waals surface area contributed by atoms with Crippen molar-refractivity contribution < 1.29 is 9.13 Å². The van der Waals surface area contributed by atoms with Gasteiger partial charge in [0.25, 0.3) is 0 Å². The van der Waals surface area contributed by atoms with Gasteiger partial charge in [-0.1, -0.05) is 35.8 Å². The van der Waals surface area contributed by atoms with E-state index in [9.17, 15) is 4.39 Å².